The number of carbonyl (C=O) groups is 1. The SMILES string of the molecule is CCCC1C=C(C(C)(C)C)C=CC1=O. The fourth-order valence-electron chi connectivity index (χ4n) is 1.69. The summed E-state index contributed by atoms with van der Waals surface area (Å²) in [6.45, 7) is 8.67. The predicted molar refractivity (Wildman–Crippen MR) is 60.1 cm³/mol. The first-order valence-electron chi connectivity index (χ1n) is 5.39. The molecule has 1 unspecified atom stereocenters. The lowest BCUT2D eigenvalue weighted by molar-refractivity contribution is -0.117. The Morgan fingerprint density at radius 3 is 2.43 bits per heavy atom. The van der Waals surface area contributed by atoms with Crippen LogP contribution in [0.3, 0.4) is 0 Å². The molecule has 0 aromatic heterocycles. The molecular formula is C13H20O. The van der Waals surface area contributed by atoms with E-state index in [0.717, 1.165) is 12.8 Å². The summed E-state index contributed by atoms with van der Waals surface area (Å²) in [7, 11) is 0. The Bertz CT molecular complexity index is 276. The number of carbonyl (C=O) groups excluding carboxylic acids is 1. The van der Waals surface area contributed by atoms with Gasteiger partial charge in [-0.3, -0.25) is 4.79 Å². The van der Waals surface area contributed by atoms with Crippen LogP contribution < -0.4 is 0 Å². The van der Waals surface area contributed by atoms with E-state index in [1.807, 2.05) is 6.08 Å². The van der Waals surface area contributed by atoms with Crippen LogP contribution in [-0.2, 0) is 4.79 Å². The Balaban J connectivity index is 2.85. The highest BCUT2D eigenvalue weighted by molar-refractivity contribution is 5.94. The van der Waals surface area contributed by atoms with Crippen molar-refractivity contribution in [2.45, 2.75) is 40.5 Å². The van der Waals surface area contributed by atoms with E-state index in [1.54, 1.807) is 6.08 Å². The third-order valence-corrected chi connectivity index (χ3v) is 2.64. The Morgan fingerprint density at radius 2 is 1.93 bits per heavy atom. The molecule has 0 saturated carbocycles. The molecule has 1 atom stereocenters. The summed E-state index contributed by atoms with van der Waals surface area (Å²) in [5.41, 5.74) is 1.44. The van der Waals surface area contributed by atoms with E-state index in [9.17, 15) is 4.79 Å². The lowest BCUT2D eigenvalue weighted by Gasteiger charge is -2.25. The minimum absolute atomic E-state index is 0.124. The van der Waals surface area contributed by atoms with Crippen LogP contribution in [0.25, 0.3) is 0 Å². The van der Waals surface area contributed by atoms with Gasteiger partial charge in [-0.2, -0.15) is 0 Å². The second-order valence-electron chi connectivity index (χ2n) is 5.00. The van der Waals surface area contributed by atoms with Crippen molar-refractivity contribution in [3.63, 3.8) is 0 Å². The first-order valence-corrected chi connectivity index (χ1v) is 5.39. The van der Waals surface area contributed by atoms with E-state index in [-0.39, 0.29) is 17.1 Å². The smallest absolute Gasteiger partial charge is 0.162 e. The van der Waals surface area contributed by atoms with Gasteiger partial charge in [0.05, 0.1) is 0 Å². The first kappa shape index (κ1) is 11.2. The molecule has 0 radical (unpaired) electrons. The minimum Gasteiger partial charge on any atom is -0.294 e. The zero-order chi connectivity index (χ0) is 10.8. The largest absolute Gasteiger partial charge is 0.294 e. The van der Waals surface area contributed by atoms with Crippen LogP contribution in [0.15, 0.2) is 23.8 Å². The van der Waals surface area contributed by atoms with Crippen molar-refractivity contribution in [1.82, 2.24) is 0 Å². The molecule has 14 heavy (non-hydrogen) atoms. The van der Waals surface area contributed by atoms with Gasteiger partial charge in [0.15, 0.2) is 5.78 Å². The average Bonchev–Trinajstić information content (AvgIpc) is 2.07. The topological polar surface area (TPSA) is 17.1 Å². The highest BCUT2D eigenvalue weighted by atomic mass is 16.1. The fourth-order valence-corrected chi connectivity index (χ4v) is 1.69. The summed E-state index contributed by atoms with van der Waals surface area (Å²) in [6, 6.07) is 0. The molecule has 78 valence electrons. The van der Waals surface area contributed by atoms with E-state index in [0.29, 0.717) is 0 Å². The highest BCUT2D eigenvalue weighted by Crippen LogP contribution is 2.31. The molecule has 1 aliphatic rings. The van der Waals surface area contributed by atoms with Gasteiger partial charge in [0.1, 0.15) is 0 Å². The maximum Gasteiger partial charge on any atom is 0.162 e. The summed E-state index contributed by atoms with van der Waals surface area (Å²) in [6.07, 6.45) is 7.89. The normalized spacial score (nSPS) is 22.4. The van der Waals surface area contributed by atoms with Crippen molar-refractivity contribution >= 4 is 5.78 Å². The van der Waals surface area contributed by atoms with Crippen LogP contribution in [0.5, 0.6) is 0 Å². The summed E-state index contributed by atoms with van der Waals surface area (Å²) in [4.78, 5) is 11.5. The van der Waals surface area contributed by atoms with Gasteiger partial charge in [0, 0.05) is 5.92 Å². The van der Waals surface area contributed by atoms with Crippen molar-refractivity contribution in [3.05, 3.63) is 23.8 Å². The Kier molecular flexibility index (Phi) is 3.30. The van der Waals surface area contributed by atoms with Crippen molar-refractivity contribution in [2.75, 3.05) is 0 Å². The van der Waals surface area contributed by atoms with E-state index in [4.69, 9.17) is 0 Å². The Morgan fingerprint density at radius 1 is 1.29 bits per heavy atom. The monoisotopic (exact) mass is 192 g/mol. The zero-order valence-corrected chi connectivity index (χ0v) is 9.63. The molecule has 0 spiro atoms. The summed E-state index contributed by atoms with van der Waals surface area (Å²) in [5.74, 6) is 0.388. The first-order chi connectivity index (χ1) is 6.45. The van der Waals surface area contributed by atoms with Gasteiger partial charge in [0.25, 0.3) is 0 Å². The number of hydrogen-bond acceptors (Lipinski definition) is 1. The van der Waals surface area contributed by atoms with E-state index >= 15 is 0 Å². The zero-order valence-electron chi connectivity index (χ0n) is 9.63. The third-order valence-electron chi connectivity index (χ3n) is 2.64. The van der Waals surface area contributed by atoms with Gasteiger partial charge in [-0.1, -0.05) is 46.3 Å². The molecule has 0 N–H and O–H groups in total. The maximum atomic E-state index is 11.5. The number of allylic oxidation sites excluding steroid dienone is 4. The molecule has 1 nitrogen and oxygen atoms in total. The minimum atomic E-state index is 0.124. The summed E-state index contributed by atoms with van der Waals surface area (Å²) < 4.78 is 0. The quantitative estimate of drug-likeness (QED) is 0.654. The average molecular weight is 192 g/mol. The van der Waals surface area contributed by atoms with Crippen LogP contribution in [0.2, 0.25) is 0 Å². The van der Waals surface area contributed by atoms with Gasteiger partial charge in [-0.25, -0.2) is 0 Å². The molecule has 0 bridgehead atoms. The van der Waals surface area contributed by atoms with Crippen LogP contribution in [-0.4, -0.2) is 5.78 Å². The van der Waals surface area contributed by atoms with Gasteiger partial charge in [0.2, 0.25) is 0 Å². The number of ketones is 1. The van der Waals surface area contributed by atoms with Crippen LogP contribution in [0.1, 0.15) is 40.5 Å². The summed E-state index contributed by atoms with van der Waals surface area (Å²) >= 11 is 0. The standard InChI is InChI=1S/C13H20O/c1-5-6-10-9-11(13(2,3)4)7-8-12(10)14/h7-10H,5-6H2,1-4H3. The Labute approximate surface area is 86.9 Å². The molecule has 1 aliphatic carbocycles. The Hall–Kier alpha value is -0.850. The molecule has 0 heterocycles. The van der Waals surface area contributed by atoms with Crippen LogP contribution in [0, 0.1) is 11.3 Å². The molecular weight excluding hydrogens is 172 g/mol. The highest BCUT2D eigenvalue weighted by Gasteiger charge is 2.22. The predicted octanol–water partition coefficient (Wildman–Crippen LogP) is 3.51. The molecule has 0 saturated heterocycles. The van der Waals surface area contributed by atoms with Crippen molar-refractivity contribution in [3.8, 4) is 0 Å². The fraction of sp³-hybridized carbons (Fsp3) is 0.615. The molecule has 0 amide bonds. The van der Waals surface area contributed by atoms with E-state index < -0.39 is 0 Å². The molecule has 1 rings (SSSR count). The second kappa shape index (κ2) is 4.12. The van der Waals surface area contributed by atoms with Gasteiger partial charge < -0.3 is 0 Å². The lowest BCUT2D eigenvalue weighted by atomic mass is 9.80. The molecule has 0 aromatic rings. The van der Waals surface area contributed by atoms with Gasteiger partial charge in [-0.05, 0) is 23.5 Å². The van der Waals surface area contributed by atoms with Crippen LogP contribution in [0.4, 0.5) is 0 Å². The second-order valence-corrected chi connectivity index (χ2v) is 5.00. The van der Waals surface area contributed by atoms with Crippen molar-refractivity contribution in [2.24, 2.45) is 11.3 Å². The van der Waals surface area contributed by atoms with Crippen molar-refractivity contribution in [1.29, 1.82) is 0 Å². The number of hydrogen-bond donors (Lipinski definition) is 0. The van der Waals surface area contributed by atoms with Gasteiger partial charge >= 0.3 is 0 Å². The van der Waals surface area contributed by atoms with E-state index in [2.05, 4.69) is 33.8 Å². The van der Waals surface area contributed by atoms with Crippen molar-refractivity contribution < 1.29 is 4.79 Å². The maximum absolute atomic E-state index is 11.5. The van der Waals surface area contributed by atoms with Crippen LogP contribution >= 0.6 is 0 Å². The molecule has 0 aliphatic heterocycles. The summed E-state index contributed by atoms with van der Waals surface area (Å²) in [5, 5.41) is 0. The lowest BCUT2D eigenvalue weighted by Crippen LogP contribution is -2.18. The molecule has 1 heteroatoms. The van der Waals surface area contributed by atoms with E-state index in [1.165, 1.54) is 5.57 Å². The van der Waals surface area contributed by atoms with Gasteiger partial charge in [-0.15, -0.1) is 0 Å². The molecule has 0 aromatic carbocycles. The number of rotatable bonds is 2. The third kappa shape index (κ3) is 2.57. The molecule has 0 fully saturated rings.